The van der Waals surface area contributed by atoms with Crippen molar-refractivity contribution in [2.24, 2.45) is 0 Å². The lowest BCUT2D eigenvalue weighted by Crippen LogP contribution is -2.20. The van der Waals surface area contributed by atoms with Gasteiger partial charge in [-0.25, -0.2) is 18.3 Å². The lowest BCUT2D eigenvalue weighted by Gasteiger charge is -2.37. The van der Waals surface area contributed by atoms with Gasteiger partial charge in [-0.1, -0.05) is 207 Å². The highest BCUT2D eigenvalue weighted by atomic mass is 35.5. The predicted molar refractivity (Wildman–Crippen MR) is 362 cm³/mol. The lowest BCUT2D eigenvalue weighted by atomic mass is 9.76. The fourth-order valence-electron chi connectivity index (χ4n) is 13.8. The Morgan fingerprint density at radius 2 is 0.398 bits per heavy atom. The Morgan fingerprint density at radius 1 is 0.250 bits per heavy atom. The van der Waals surface area contributed by atoms with Crippen molar-refractivity contribution >= 4 is 76.8 Å². The van der Waals surface area contributed by atoms with Crippen molar-refractivity contribution in [3.63, 3.8) is 0 Å². The maximum absolute atomic E-state index is 15.4. The van der Waals surface area contributed by atoms with E-state index in [2.05, 4.69) is 52.0 Å². The van der Waals surface area contributed by atoms with Gasteiger partial charge in [0.05, 0.1) is 0 Å². The van der Waals surface area contributed by atoms with Gasteiger partial charge in [-0.05, 0) is 49.9 Å². The Morgan fingerprint density at radius 3 is 0.545 bits per heavy atom. The topological polar surface area (TPSA) is 142 Å². The first kappa shape index (κ1) is 69.7. The highest BCUT2D eigenvalue weighted by Gasteiger charge is 2.45. The van der Waals surface area contributed by atoms with Gasteiger partial charge in [0.25, 0.3) is 0 Å². The van der Waals surface area contributed by atoms with Crippen LogP contribution in [0.25, 0.3) is 0 Å². The minimum atomic E-state index is -4.30. The van der Waals surface area contributed by atoms with E-state index < -0.39 is 76.5 Å². The van der Waals surface area contributed by atoms with Crippen LogP contribution in [0.4, 0.5) is 0 Å². The molecule has 0 N–H and O–H groups in total. The number of hydrogen-bond donors (Lipinski definition) is 0. The summed E-state index contributed by atoms with van der Waals surface area (Å²) in [5, 5.41) is 0. The zero-order valence-corrected chi connectivity index (χ0v) is 59.2. The fourth-order valence-corrected chi connectivity index (χ4v) is 19.2. The van der Waals surface area contributed by atoms with Crippen molar-refractivity contribution < 1.29 is 54.5 Å². The van der Waals surface area contributed by atoms with Gasteiger partial charge in [0.1, 0.15) is 68.5 Å². The second-order valence-electron chi connectivity index (χ2n) is 25.2. The highest BCUT2D eigenvalue weighted by Crippen LogP contribution is 2.66. The molecule has 9 rings (SSSR count). The second kappa shape index (κ2) is 33.0. The van der Waals surface area contributed by atoms with Crippen LogP contribution in [0.5, 0.6) is 46.0 Å². The summed E-state index contributed by atoms with van der Waals surface area (Å²) in [7, 11) is -17.2. The molecule has 1 aliphatic carbocycles. The van der Waals surface area contributed by atoms with E-state index in [1.165, 1.54) is 51.4 Å². The first-order valence-electron chi connectivity index (χ1n) is 33.5. The molecule has 0 saturated carbocycles. The van der Waals surface area contributed by atoms with Gasteiger partial charge in [-0.2, -0.15) is 0 Å². The first-order chi connectivity index (χ1) is 42.7. The van der Waals surface area contributed by atoms with Crippen LogP contribution in [-0.2, 0) is 18.3 Å². The van der Waals surface area contributed by atoms with E-state index in [9.17, 15) is 0 Å². The van der Waals surface area contributed by atoms with Crippen LogP contribution in [0.2, 0.25) is 0 Å². The summed E-state index contributed by atoms with van der Waals surface area (Å²) >= 11 is 27.0. The van der Waals surface area contributed by atoms with E-state index in [1.54, 1.807) is 24.3 Å². The number of unbranched alkanes of at least 4 members (excludes halogenated alkanes) is 24. The van der Waals surface area contributed by atoms with Gasteiger partial charge < -0.3 is 36.2 Å². The van der Waals surface area contributed by atoms with Crippen molar-refractivity contribution in [2.75, 3.05) is 22.5 Å². The van der Waals surface area contributed by atoms with Gasteiger partial charge in [-0.3, -0.25) is 0 Å². The fraction of sp³-hybridized carbons (Fsp3) is 0.647. The van der Waals surface area contributed by atoms with Gasteiger partial charge >= 0.3 is 30.4 Å². The Kier molecular flexibility index (Phi) is 26.1. The van der Waals surface area contributed by atoms with Crippen LogP contribution in [0.3, 0.4) is 0 Å². The molecule has 0 radical (unpaired) electrons. The molecular formula is C68H96Cl4O12P4. The molecule has 4 aromatic rings. The van der Waals surface area contributed by atoms with Crippen LogP contribution in [0.1, 0.15) is 301 Å². The summed E-state index contributed by atoms with van der Waals surface area (Å²) in [5.41, 5.74) is 3.82. The SMILES string of the molecule is CCCCCCCCCC1c2cc3c4cc2OP(=O)(CCl)Oc2cc5c(cc21)C(CCCCCCCCC)c1cc2c(cc1OP(=O)(CCl)O5)OP(=O)(CCl)Oc1cc(c(cc1C2CCCCCCCCC)C3CCCCCCCCC)OP(=O)(CCl)O4. The Bertz CT molecular complexity index is 2630. The third-order valence-corrected chi connectivity index (χ3v) is 26.9. The molecule has 20 heteroatoms. The maximum atomic E-state index is 15.4. The number of benzene rings is 4. The van der Waals surface area contributed by atoms with Gasteiger partial charge in [0.2, 0.25) is 0 Å². The van der Waals surface area contributed by atoms with Gasteiger partial charge in [0.15, 0.2) is 0 Å². The van der Waals surface area contributed by atoms with Crippen LogP contribution in [0.15, 0.2) is 48.5 Å². The average molecular weight is 1370 g/mol. The first-order valence-corrected chi connectivity index (χ1v) is 42.6. The van der Waals surface area contributed by atoms with Crippen LogP contribution in [0, 0.1) is 0 Å². The summed E-state index contributed by atoms with van der Waals surface area (Å²) in [6, 6.07) is 15.3. The molecule has 4 aliphatic heterocycles. The quantitative estimate of drug-likeness (QED) is 0.0243. The molecule has 0 unspecified atom stereocenters. The smallest absolute Gasteiger partial charge is 0.415 e. The van der Waals surface area contributed by atoms with Crippen LogP contribution in [-0.4, -0.2) is 22.5 Å². The predicted octanol–water partition coefficient (Wildman–Crippen LogP) is 25.7. The lowest BCUT2D eigenvalue weighted by molar-refractivity contribution is 0.364. The Balaban J connectivity index is 1.38. The summed E-state index contributed by atoms with van der Waals surface area (Å²) in [6.07, 6.45) is 32.7. The molecule has 4 aromatic carbocycles. The van der Waals surface area contributed by atoms with E-state index in [1.807, 2.05) is 0 Å². The summed E-state index contributed by atoms with van der Waals surface area (Å²) < 4.78 is 115. The molecule has 88 heavy (non-hydrogen) atoms. The molecule has 488 valence electrons. The molecular weight excluding hydrogens is 1270 g/mol. The van der Waals surface area contributed by atoms with Crippen molar-refractivity contribution in [3.05, 3.63) is 93.0 Å². The molecule has 0 aromatic heterocycles. The third-order valence-electron chi connectivity index (χ3n) is 18.4. The molecule has 0 fully saturated rings. The number of rotatable bonds is 36. The van der Waals surface area contributed by atoms with Crippen molar-refractivity contribution in [1.29, 1.82) is 0 Å². The molecule has 0 atom stereocenters. The number of alkyl halides is 4. The normalized spacial score (nSPS) is 24.4. The number of halogens is 4. The average Bonchev–Trinajstić information content (AvgIpc) is 0.856. The molecule has 8 bridgehead atoms. The van der Waals surface area contributed by atoms with E-state index in [4.69, 9.17) is 82.6 Å². The molecule has 5 aliphatic rings. The van der Waals surface area contributed by atoms with E-state index >= 15 is 18.3 Å². The number of hydrogen-bond acceptors (Lipinski definition) is 12. The van der Waals surface area contributed by atoms with Crippen molar-refractivity contribution in [2.45, 2.75) is 257 Å². The zero-order chi connectivity index (χ0) is 62.3. The minimum absolute atomic E-state index is 0.224. The van der Waals surface area contributed by atoms with Crippen LogP contribution >= 0.6 is 76.8 Å². The van der Waals surface area contributed by atoms with Crippen molar-refractivity contribution in [1.82, 2.24) is 0 Å². The van der Waals surface area contributed by atoms with Crippen molar-refractivity contribution in [3.8, 4) is 46.0 Å². The molecule has 0 saturated heterocycles. The summed E-state index contributed by atoms with van der Waals surface area (Å²) in [4.78, 5) is 0. The maximum Gasteiger partial charge on any atom is 0.445 e. The van der Waals surface area contributed by atoms with E-state index in [0.29, 0.717) is 25.7 Å². The van der Waals surface area contributed by atoms with E-state index in [0.717, 1.165) is 173 Å². The van der Waals surface area contributed by atoms with Gasteiger partial charge in [0, 0.05) is 92.4 Å². The molecule has 0 amide bonds. The second-order valence-corrected chi connectivity index (χ2v) is 35.4. The minimum Gasteiger partial charge on any atom is -0.415 e. The Labute approximate surface area is 546 Å². The molecule has 12 nitrogen and oxygen atoms in total. The van der Waals surface area contributed by atoms with E-state index in [-0.39, 0.29) is 46.0 Å². The summed E-state index contributed by atoms with van der Waals surface area (Å²) in [5.74, 6) is 0.0471. The Hall–Kier alpha value is -2.64. The third kappa shape index (κ3) is 17.2. The monoisotopic (exact) mass is 1370 g/mol. The van der Waals surface area contributed by atoms with Crippen LogP contribution < -0.4 is 36.2 Å². The zero-order valence-electron chi connectivity index (χ0n) is 52.6. The largest absolute Gasteiger partial charge is 0.445 e. The standard InChI is InChI=1S/C68H96Cl4O12P4/c1-5-9-13-17-21-25-29-33-49-53-37-55-50(34-30-26-22-18-14-10-6-2)57-39-59-52(36-32-28-24-20-16-12-8-4)60-40-58-51(35-31-27-23-19-15-11-7-3)56-38-54(49)62-42-64(56)80-87(75,47-71)82-66(58)44-68(60)84-88(76,48-72)83-67(59)43-65(57)81-86(74,46-70)79-63(55)41-61(53)77-85(73,45-69)78-62/h37-44,49-52H,5-36,45-48H2,1-4H3. The molecule has 4 heterocycles. The summed E-state index contributed by atoms with van der Waals surface area (Å²) in [6.45, 7) is 8.91. The highest BCUT2D eigenvalue weighted by molar-refractivity contribution is 7.57. The van der Waals surface area contributed by atoms with Gasteiger partial charge in [-0.15, -0.1) is 46.4 Å². The molecule has 0 spiro atoms.